The molecule has 82 valence electrons. The van der Waals surface area contributed by atoms with Crippen LogP contribution in [0.3, 0.4) is 0 Å². The molecule has 3 aromatic rings. The standard InChI is InChI=1S/C15H10FN/c16-13-7-3-2-6-12(13)15-10-9-11-5-1-4-8-14(11)17-15/h1-10H. The summed E-state index contributed by atoms with van der Waals surface area (Å²) in [7, 11) is 0. The predicted octanol–water partition coefficient (Wildman–Crippen LogP) is 4.04. The number of halogens is 1. The molecule has 0 N–H and O–H groups in total. The van der Waals surface area contributed by atoms with E-state index in [9.17, 15) is 4.39 Å². The minimum absolute atomic E-state index is 0.240. The van der Waals surface area contributed by atoms with Gasteiger partial charge in [0.15, 0.2) is 0 Å². The first-order valence-corrected chi connectivity index (χ1v) is 5.45. The monoisotopic (exact) mass is 223 g/mol. The molecule has 0 spiro atoms. The smallest absolute Gasteiger partial charge is 0.132 e. The zero-order valence-corrected chi connectivity index (χ0v) is 9.10. The van der Waals surface area contributed by atoms with E-state index >= 15 is 0 Å². The normalized spacial score (nSPS) is 10.6. The molecule has 0 saturated carbocycles. The zero-order chi connectivity index (χ0) is 11.7. The summed E-state index contributed by atoms with van der Waals surface area (Å²) in [6.07, 6.45) is 0. The second-order valence-electron chi connectivity index (χ2n) is 3.87. The summed E-state index contributed by atoms with van der Waals surface area (Å²) in [6, 6.07) is 18.3. The third kappa shape index (κ3) is 1.78. The number of hydrogen-bond donors (Lipinski definition) is 0. The fourth-order valence-electron chi connectivity index (χ4n) is 1.88. The summed E-state index contributed by atoms with van der Waals surface area (Å²) in [4.78, 5) is 4.47. The number of para-hydroxylation sites is 1. The van der Waals surface area contributed by atoms with Crippen LogP contribution in [0.1, 0.15) is 0 Å². The third-order valence-corrected chi connectivity index (χ3v) is 2.75. The maximum absolute atomic E-state index is 13.6. The molecule has 17 heavy (non-hydrogen) atoms. The molecule has 2 aromatic carbocycles. The first-order valence-electron chi connectivity index (χ1n) is 5.45. The van der Waals surface area contributed by atoms with Crippen LogP contribution >= 0.6 is 0 Å². The average molecular weight is 223 g/mol. The van der Waals surface area contributed by atoms with Crippen LogP contribution in [0.4, 0.5) is 4.39 Å². The van der Waals surface area contributed by atoms with Gasteiger partial charge >= 0.3 is 0 Å². The van der Waals surface area contributed by atoms with Crippen molar-refractivity contribution in [2.45, 2.75) is 0 Å². The molecule has 3 rings (SSSR count). The molecule has 0 fully saturated rings. The van der Waals surface area contributed by atoms with Crippen molar-refractivity contribution in [3.63, 3.8) is 0 Å². The Hall–Kier alpha value is -2.22. The van der Waals surface area contributed by atoms with Crippen molar-refractivity contribution in [1.82, 2.24) is 4.98 Å². The molecular formula is C15H10FN. The SMILES string of the molecule is Fc1ccccc1-c1ccc2ccccc2n1. The van der Waals surface area contributed by atoms with E-state index in [1.165, 1.54) is 6.07 Å². The van der Waals surface area contributed by atoms with Gasteiger partial charge in [0.05, 0.1) is 11.2 Å². The first kappa shape index (κ1) is 9.97. The Kier molecular flexibility index (Phi) is 2.33. The topological polar surface area (TPSA) is 12.9 Å². The lowest BCUT2D eigenvalue weighted by Gasteiger charge is -2.04. The van der Waals surface area contributed by atoms with E-state index in [2.05, 4.69) is 4.98 Å². The highest BCUT2D eigenvalue weighted by atomic mass is 19.1. The van der Waals surface area contributed by atoms with Crippen LogP contribution in [0.15, 0.2) is 60.7 Å². The van der Waals surface area contributed by atoms with Crippen molar-refractivity contribution in [3.05, 3.63) is 66.5 Å². The summed E-state index contributed by atoms with van der Waals surface area (Å²) in [5.74, 6) is -0.240. The van der Waals surface area contributed by atoms with Crippen LogP contribution in [-0.2, 0) is 0 Å². The lowest BCUT2D eigenvalue weighted by Crippen LogP contribution is -1.88. The molecular weight excluding hydrogens is 213 g/mol. The Bertz CT molecular complexity index is 676. The second-order valence-corrected chi connectivity index (χ2v) is 3.87. The lowest BCUT2D eigenvalue weighted by atomic mass is 10.1. The predicted molar refractivity (Wildman–Crippen MR) is 67.1 cm³/mol. The summed E-state index contributed by atoms with van der Waals surface area (Å²) in [6.45, 7) is 0. The molecule has 0 aliphatic carbocycles. The van der Waals surface area contributed by atoms with Gasteiger partial charge in [-0.3, -0.25) is 0 Å². The van der Waals surface area contributed by atoms with E-state index in [0.29, 0.717) is 11.3 Å². The molecule has 1 nitrogen and oxygen atoms in total. The van der Waals surface area contributed by atoms with Gasteiger partial charge in [0.25, 0.3) is 0 Å². The van der Waals surface area contributed by atoms with Crippen molar-refractivity contribution in [2.24, 2.45) is 0 Å². The van der Waals surface area contributed by atoms with Crippen LogP contribution in [0.2, 0.25) is 0 Å². The van der Waals surface area contributed by atoms with E-state index in [0.717, 1.165) is 10.9 Å². The molecule has 0 radical (unpaired) electrons. The Morgan fingerprint density at radius 1 is 0.765 bits per heavy atom. The van der Waals surface area contributed by atoms with Crippen LogP contribution in [0, 0.1) is 5.82 Å². The molecule has 0 saturated heterocycles. The highest BCUT2D eigenvalue weighted by Crippen LogP contribution is 2.23. The average Bonchev–Trinajstić information content (AvgIpc) is 2.39. The maximum atomic E-state index is 13.6. The van der Waals surface area contributed by atoms with Gasteiger partial charge in [-0.15, -0.1) is 0 Å². The van der Waals surface area contributed by atoms with Gasteiger partial charge in [-0.1, -0.05) is 36.4 Å². The van der Waals surface area contributed by atoms with Gasteiger partial charge in [0.1, 0.15) is 5.82 Å². The van der Waals surface area contributed by atoms with Crippen molar-refractivity contribution in [3.8, 4) is 11.3 Å². The molecule has 0 amide bonds. The van der Waals surface area contributed by atoms with Gasteiger partial charge in [-0.25, -0.2) is 9.37 Å². The molecule has 0 aliphatic heterocycles. The highest BCUT2D eigenvalue weighted by molar-refractivity contribution is 5.81. The van der Waals surface area contributed by atoms with Crippen LogP contribution in [-0.4, -0.2) is 4.98 Å². The number of aromatic nitrogens is 1. The van der Waals surface area contributed by atoms with E-state index in [1.54, 1.807) is 12.1 Å². The van der Waals surface area contributed by atoms with Gasteiger partial charge in [0.2, 0.25) is 0 Å². The van der Waals surface area contributed by atoms with Crippen molar-refractivity contribution < 1.29 is 4.39 Å². The molecule has 1 heterocycles. The Balaban J connectivity index is 2.22. The van der Waals surface area contributed by atoms with E-state index < -0.39 is 0 Å². The number of pyridine rings is 1. The van der Waals surface area contributed by atoms with Crippen LogP contribution < -0.4 is 0 Å². The minimum Gasteiger partial charge on any atom is -0.248 e. The third-order valence-electron chi connectivity index (χ3n) is 2.75. The minimum atomic E-state index is -0.240. The van der Waals surface area contributed by atoms with E-state index in [4.69, 9.17) is 0 Å². The molecule has 1 aromatic heterocycles. The quantitative estimate of drug-likeness (QED) is 0.606. The van der Waals surface area contributed by atoms with Crippen LogP contribution in [0.25, 0.3) is 22.2 Å². The fourth-order valence-corrected chi connectivity index (χ4v) is 1.88. The van der Waals surface area contributed by atoms with Gasteiger partial charge in [-0.05, 0) is 24.3 Å². The zero-order valence-electron chi connectivity index (χ0n) is 9.10. The fraction of sp³-hybridized carbons (Fsp3) is 0. The number of hydrogen-bond acceptors (Lipinski definition) is 1. The maximum Gasteiger partial charge on any atom is 0.132 e. The molecule has 0 atom stereocenters. The van der Waals surface area contributed by atoms with Crippen molar-refractivity contribution in [1.29, 1.82) is 0 Å². The number of rotatable bonds is 1. The lowest BCUT2D eigenvalue weighted by molar-refractivity contribution is 0.631. The van der Waals surface area contributed by atoms with Gasteiger partial charge in [-0.2, -0.15) is 0 Å². The number of benzene rings is 2. The molecule has 0 bridgehead atoms. The summed E-state index contributed by atoms with van der Waals surface area (Å²) in [5, 5.41) is 1.06. The number of fused-ring (bicyclic) bond motifs is 1. The first-order chi connectivity index (χ1) is 8.34. The second kappa shape index (κ2) is 3.98. The summed E-state index contributed by atoms with van der Waals surface area (Å²) in [5.41, 5.74) is 2.09. The largest absolute Gasteiger partial charge is 0.248 e. The van der Waals surface area contributed by atoms with Gasteiger partial charge < -0.3 is 0 Å². The van der Waals surface area contributed by atoms with Crippen LogP contribution in [0.5, 0.6) is 0 Å². The summed E-state index contributed by atoms with van der Waals surface area (Å²) >= 11 is 0. The molecule has 0 aliphatic rings. The molecule has 0 unspecified atom stereocenters. The summed E-state index contributed by atoms with van der Waals surface area (Å²) < 4.78 is 13.6. The van der Waals surface area contributed by atoms with Gasteiger partial charge in [0, 0.05) is 10.9 Å². The Morgan fingerprint density at radius 2 is 1.53 bits per heavy atom. The highest BCUT2D eigenvalue weighted by Gasteiger charge is 2.05. The van der Waals surface area contributed by atoms with Crippen molar-refractivity contribution >= 4 is 10.9 Å². The van der Waals surface area contributed by atoms with E-state index in [1.807, 2.05) is 42.5 Å². The Morgan fingerprint density at radius 3 is 2.41 bits per heavy atom. The van der Waals surface area contributed by atoms with Crippen molar-refractivity contribution in [2.75, 3.05) is 0 Å². The Labute approximate surface area is 98.6 Å². The van der Waals surface area contributed by atoms with E-state index in [-0.39, 0.29) is 5.82 Å². The molecule has 2 heteroatoms. The number of nitrogens with zero attached hydrogens (tertiary/aromatic N) is 1.